The van der Waals surface area contributed by atoms with Gasteiger partial charge in [0.1, 0.15) is 5.69 Å². The maximum absolute atomic E-state index is 5.59. The van der Waals surface area contributed by atoms with Crippen molar-refractivity contribution in [3.8, 4) is 0 Å². The lowest BCUT2D eigenvalue weighted by molar-refractivity contribution is 0.969. The maximum atomic E-state index is 5.59. The van der Waals surface area contributed by atoms with Gasteiger partial charge in [0.25, 0.3) is 0 Å². The number of nitrogens with one attached hydrogen (secondary N) is 1. The van der Waals surface area contributed by atoms with E-state index in [1.165, 1.54) is 11.8 Å². The van der Waals surface area contributed by atoms with Crippen molar-refractivity contribution in [3.05, 3.63) is 0 Å². The molecule has 14 heavy (non-hydrogen) atoms. The highest BCUT2D eigenvalue weighted by Gasteiger charge is 2.08. The number of nitrogens with two attached hydrogens (primary N) is 3. The summed E-state index contributed by atoms with van der Waals surface area (Å²) in [4.78, 5) is 8.13. The Kier molecular flexibility index (Phi) is 3.78. The monoisotopic (exact) mass is 214 g/mol. The summed E-state index contributed by atoms with van der Waals surface area (Å²) in [5.74, 6) is 6.80. The summed E-state index contributed by atoms with van der Waals surface area (Å²) >= 11 is 1.52. The number of rotatable bonds is 4. The molecular weight excluding hydrogens is 200 g/mol. The Balaban J connectivity index is 2.91. The molecule has 0 aliphatic rings. The molecular formula is C7H14N6S. The molecule has 0 amide bonds. The van der Waals surface area contributed by atoms with E-state index in [1.54, 1.807) is 0 Å². The molecule has 0 aliphatic carbocycles. The van der Waals surface area contributed by atoms with E-state index in [4.69, 9.17) is 17.3 Å². The SMILES string of the molecule is CCCSc1nc(N)c(N)c(NN)n1. The van der Waals surface area contributed by atoms with Crippen LogP contribution in [0.15, 0.2) is 5.16 Å². The van der Waals surface area contributed by atoms with Gasteiger partial charge >= 0.3 is 0 Å². The van der Waals surface area contributed by atoms with Gasteiger partial charge in [0.2, 0.25) is 0 Å². The van der Waals surface area contributed by atoms with Gasteiger partial charge in [0.05, 0.1) is 0 Å². The lowest BCUT2D eigenvalue weighted by Crippen LogP contribution is -2.13. The van der Waals surface area contributed by atoms with E-state index in [0.717, 1.165) is 12.2 Å². The topological polar surface area (TPSA) is 116 Å². The molecule has 6 nitrogen and oxygen atoms in total. The van der Waals surface area contributed by atoms with Crippen molar-refractivity contribution < 1.29 is 0 Å². The molecule has 0 saturated carbocycles. The molecule has 0 aliphatic heterocycles. The third-order valence-corrected chi connectivity index (χ3v) is 2.58. The fourth-order valence-corrected chi connectivity index (χ4v) is 1.54. The smallest absolute Gasteiger partial charge is 0.191 e. The Bertz CT molecular complexity index is 315. The van der Waals surface area contributed by atoms with Crippen LogP contribution in [0.4, 0.5) is 17.3 Å². The van der Waals surface area contributed by atoms with Crippen LogP contribution < -0.4 is 22.7 Å². The largest absolute Gasteiger partial charge is 0.393 e. The average molecular weight is 214 g/mol. The number of hydrogen-bond donors (Lipinski definition) is 4. The molecule has 0 spiro atoms. The minimum atomic E-state index is 0.256. The molecule has 7 N–H and O–H groups in total. The number of nitrogens with zero attached hydrogens (tertiary/aromatic N) is 2. The van der Waals surface area contributed by atoms with Gasteiger partial charge in [-0.1, -0.05) is 18.7 Å². The predicted molar refractivity (Wildman–Crippen MR) is 59.7 cm³/mol. The number of nitrogen functional groups attached to an aromatic ring is 3. The molecule has 1 heterocycles. The first-order chi connectivity index (χ1) is 6.69. The van der Waals surface area contributed by atoms with E-state index in [1.807, 2.05) is 0 Å². The zero-order valence-electron chi connectivity index (χ0n) is 7.95. The Labute approximate surface area is 86.6 Å². The van der Waals surface area contributed by atoms with Crippen molar-refractivity contribution in [2.75, 3.05) is 22.6 Å². The molecule has 0 unspecified atom stereocenters. The third-order valence-electron chi connectivity index (χ3n) is 1.53. The summed E-state index contributed by atoms with van der Waals surface area (Å²) < 4.78 is 0. The summed E-state index contributed by atoms with van der Waals surface area (Å²) in [5.41, 5.74) is 13.8. The maximum Gasteiger partial charge on any atom is 0.191 e. The number of hydrazine groups is 1. The van der Waals surface area contributed by atoms with E-state index in [9.17, 15) is 0 Å². The van der Waals surface area contributed by atoms with Gasteiger partial charge in [-0.15, -0.1) is 0 Å². The van der Waals surface area contributed by atoms with Crippen molar-refractivity contribution in [3.63, 3.8) is 0 Å². The van der Waals surface area contributed by atoms with Crippen molar-refractivity contribution in [1.29, 1.82) is 0 Å². The molecule has 1 aromatic heterocycles. The highest BCUT2D eigenvalue weighted by molar-refractivity contribution is 7.99. The molecule has 0 atom stereocenters. The van der Waals surface area contributed by atoms with Crippen LogP contribution in [-0.4, -0.2) is 15.7 Å². The second kappa shape index (κ2) is 4.87. The minimum Gasteiger partial charge on any atom is -0.393 e. The first-order valence-corrected chi connectivity index (χ1v) is 5.20. The summed E-state index contributed by atoms with van der Waals surface area (Å²) in [5, 5.41) is 0.589. The first kappa shape index (κ1) is 10.9. The Hall–Kier alpha value is -1.21. The Morgan fingerprint density at radius 1 is 1.36 bits per heavy atom. The van der Waals surface area contributed by atoms with Crippen molar-refractivity contribution in [2.45, 2.75) is 18.5 Å². The number of aromatic nitrogens is 2. The summed E-state index contributed by atoms with van der Waals surface area (Å²) in [6.07, 6.45) is 1.05. The molecule has 0 fully saturated rings. The molecule has 1 aromatic rings. The zero-order chi connectivity index (χ0) is 10.6. The van der Waals surface area contributed by atoms with E-state index in [-0.39, 0.29) is 11.5 Å². The lowest BCUT2D eigenvalue weighted by Gasteiger charge is -2.07. The van der Waals surface area contributed by atoms with Crippen LogP contribution in [-0.2, 0) is 0 Å². The third kappa shape index (κ3) is 2.39. The van der Waals surface area contributed by atoms with E-state index in [2.05, 4.69) is 22.3 Å². The van der Waals surface area contributed by atoms with Gasteiger partial charge in [0.15, 0.2) is 16.8 Å². The molecule has 0 radical (unpaired) electrons. The highest BCUT2D eigenvalue weighted by Crippen LogP contribution is 2.24. The van der Waals surface area contributed by atoms with Gasteiger partial charge < -0.3 is 16.9 Å². The van der Waals surface area contributed by atoms with E-state index in [0.29, 0.717) is 11.0 Å². The number of thioether (sulfide) groups is 1. The quantitative estimate of drug-likeness (QED) is 0.248. The van der Waals surface area contributed by atoms with Crippen LogP contribution in [0.1, 0.15) is 13.3 Å². The molecule has 0 bridgehead atoms. The first-order valence-electron chi connectivity index (χ1n) is 4.21. The summed E-state index contributed by atoms with van der Waals surface area (Å²) in [6, 6.07) is 0. The van der Waals surface area contributed by atoms with Gasteiger partial charge in [-0.3, -0.25) is 0 Å². The Morgan fingerprint density at radius 3 is 2.64 bits per heavy atom. The average Bonchev–Trinajstić information content (AvgIpc) is 2.19. The number of anilines is 3. The van der Waals surface area contributed by atoms with Crippen LogP contribution in [0.3, 0.4) is 0 Å². The molecule has 7 heteroatoms. The molecule has 0 aromatic carbocycles. The van der Waals surface area contributed by atoms with Crippen LogP contribution in [0.2, 0.25) is 0 Å². The molecule has 78 valence electrons. The van der Waals surface area contributed by atoms with Gasteiger partial charge in [0, 0.05) is 5.75 Å². The minimum absolute atomic E-state index is 0.256. The van der Waals surface area contributed by atoms with Crippen molar-refractivity contribution in [2.24, 2.45) is 5.84 Å². The molecule has 0 saturated heterocycles. The fourth-order valence-electron chi connectivity index (χ4n) is 0.833. The summed E-state index contributed by atoms with van der Waals surface area (Å²) in [6.45, 7) is 2.08. The zero-order valence-corrected chi connectivity index (χ0v) is 8.77. The molecule has 1 rings (SSSR count). The Morgan fingerprint density at radius 2 is 2.07 bits per heavy atom. The fraction of sp³-hybridized carbons (Fsp3) is 0.429. The second-order valence-corrected chi connectivity index (χ2v) is 3.71. The van der Waals surface area contributed by atoms with E-state index >= 15 is 0 Å². The van der Waals surface area contributed by atoms with Crippen LogP contribution in [0.25, 0.3) is 0 Å². The standard InChI is InChI=1S/C7H14N6S/c1-2-3-14-7-11-5(9)4(8)6(12-7)13-10/h2-3,8,10H2,1H3,(H3,9,11,12,13). The second-order valence-electron chi connectivity index (χ2n) is 2.65. The van der Waals surface area contributed by atoms with Crippen LogP contribution >= 0.6 is 11.8 Å². The highest BCUT2D eigenvalue weighted by atomic mass is 32.2. The van der Waals surface area contributed by atoms with Gasteiger partial charge in [-0.2, -0.15) is 0 Å². The number of hydrogen-bond acceptors (Lipinski definition) is 7. The van der Waals surface area contributed by atoms with Crippen LogP contribution in [0, 0.1) is 0 Å². The van der Waals surface area contributed by atoms with Gasteiger partial charge in [-0.05, 0) is 6.42 Å². The van der Waals surface area contributed by atoms with Crippen LogP contribution in [0.5, 0.6) is 0 Å². The van der Waals surface area contributed by atoms with Gasteiger partial charge in [-0.25, -0.2) is 15.8 Å². The summed E-state index contributed by atoms with van der Waals surface area (Å²) in [7, 11) is 0. The van der Waals surface area contributed by atoms with Crippen molar-refractivity contribution in [1.82, 2.24) is 9.97 Å². The predicted octanol–water partition coefficient (Wildman–Crippen LogP) is 0.429. The van der Waals surface area contributed by atoms with E-state index < -0.39 is 0 Å². The van der Waals surface area contributed by atoms with Crippen molar-refractivity contribution >= 4 is 29.1 Å². The lowest BCUT2D eigenvalue weighted by atomic mass is 10.4. The normalized spacial score (nSPS) is 10.1.